The largest absolute Gasteiger partial charge is 0.278 e. The monoisotopic (exact) mass is 587 g/mol. The SMILES string of the molecule is CC1(C)c2ccccc2-c2c1ccc1cc3c(cc21)c1ccccc1n3-c1nc(-c2ccc3ccccc3c2)c2ccccc2n1. The highest BCUT2D eigenvalue weighted by atomic mass is 15.2. The highest BCUT2D eigenvalue weighted by Gasteiger charge is 2.36. The van der Waals surface area contributed by atoms with Crippen LogP contribution in [0.4, 0.5) is 0 Å². The Morgan fingerprint density at radius 2 is 1.24 bits per heavy atom. The molecule has 9 aromatic rings. The van der Waals surface area contributed by atoms with Gasteiger partial charge in [-0.25, -0.2) is 9.97 Å². The maximum atomic E-state index is 5.36. The maximum absolute atomic E-state index is 5.36. The van der Waals surface area contributed by atoms with Gasteiger partial charge in [-0.1, -0.05) is 123 Å². The molecule has 2 heterocycles. The van der Waals surface area contributed by atoms with Gasteiger partial charge >= 0.3 is 0 Å². The minimum Gasteiger partial charge on any atom is -0.278 e. The number of rotatable bonds is 2. The minimum atomic E-state index is -0.0405. The topological polar surface area (TPSA) is 30.7 Å². The number of hydrogen-bond donors (Lipinski definition) is 0. The lowest BCUT2D eigenvalue weighted by Crippen LogP contribution is -2.14. The van der Waals surface area contributed by atoms with Crippen molar-refractivity contribution in [3.63, 3.8) is 0 Å². The van der Waals surface area contributed by atoms with Gasteiger partial charge in [-0.15, -0.1) is 0 Å². The molecule has 0 spiro atoms. The van der Waals surface area contributed by atoms with Crippen molar-refractivity contribution in [2.45, 2.75) is 19.3 Å². The molecule has 0 saturated heterocycles. The molecule has 0 unspecified atom stereocenters. The fraction of sp³-hybridized carbons (Fsp3) is 0.0698. The zero-order chi connectivity index (χ0) is 30.6. The van der Waals surface area contributed by atoms with Gasteiger partial charge in [-0.3, -0.25) is 4.57 Å². The predicted molar refractivity (Wildman–Crippen MR) is 192 cm³/mol. The van der Waals surface area contributed by atoms with Crippen LogP contribution in [0.2, 0.25) is 0 Å². The summed E-state index contributed by atoms with van der Waals surface area (Å²) in [6.45, 7) is 4.69. The summed E-state index contributed by atoms with van der Waals surface area (Å²) in [4.78, 5) is 10.6. The number of para-hydroxylation sites is 2. The number of benzene rings is 7. The highest BCUT2D eigenvalue weighted by molar-refractivity contribution is 6.16. The molecule has 1 aliphatic rings. The van der Waals surface area contributed by atoms with Gasteiger partial charge in [0.25, 0.3) is 0 Å². The molecule has 0 atom stereocenters. The summed E-state index contributed by atoms with van der Waals surface area (Å²) in [6, 6.07) is 50.4. The molecular weight excluding hydrogens is 558 g/mol. The van der Waals surface area contributed by atoms with Crippen LogP contribution in [0.25, 0.3) is 82.6 Å². The van der Waals surface area contributed by atoms with E-state index in [1.165, 1.54) is 54.6 Å². The van der Waals surface area contributed by atoms with E-state index < -0.39 is 0 Å². The molecule has 0 aliphatic heterocycles. The van der Waals surface area contributed by atoms with Crippen LogP contribution >= 0.6 is 0 Å². The Morgan fingerprint density at radius 1 is 0.500 bits per heavy atom. The number of fused-ring (bicyclic) bond motifs is 10. The van der Waals surface area contributed by atoms with Crippen molar-refractivity contribution in [3.05, 3.63) is 151 Å². The molecule has 0 fully saturated rings. The third-order valence-electron chi connectivity index (χ3n) is 10.2. The summed E-state index contributed by atoms with van der Waals surface area (Å²) in [5.74, 6) is 0.681. The van der Waals surface area contributed by atoms with Crippen molar-refractivity contribution < 1.29 is 0 Å². The molecular formula is C43H29N3. The molecule has 0 saturated carbocycles. The quantitative estimate of drug-likeness (QED) is 0.201. The van der Waals surface area contributed by atoms with Gasteiger partial charge in [0.1, 0.15) is 0 Å². The number of aromatic nitrogens is 3. The van der Waals surface area contributed by atoms with Crippen molar-refractivity contribution in [2.75, 3.05) is 0 Å². The molecule has 3 heteroatoms. The van der Waals surface area contributed by atoms with E-state index in [2.05, 4.69) is 158 Å². The van der Waals surface area contributed by atoms with Crippen LogP contribution in [0.5, 0.6) is 0 Å². The molecule has 0 N–H and O–H groups in total. The van der Waals surface area contributed by atoms with Crippen LogP contribution in [0, 0.1) is 0 Å². The molecule has 0 amide bonds. The molecule has 0 radical (unpaired) electrons. The summed E-state index contributed by atoms with van der Waals surface area (Å²) in [5, 5.41) is 8.39. The molecule has 10 rings (SSSR count). The van der Waals surface area contributed by atoms with E-state index in [1.54, 1.807) is 0 Å². The molecule has 216 valence electrons. The van der Waals surface area contributed by atoms with Gasteiger partial charge in [-0.2, -0.15) is 0 Å². The number of hydrogen-bond acceptors (Lipinski definition) is 2. The Labute approximate surface area is 266 Å². The molecule has 3 nitrogen and oxygen atoms in total. The van der Waals surface area contributed by atoms with Gasteiger partial charge in [0.2, 0.25) is 5.95 Å². The van der Waals surface area contributed by atoms with Crippen molar-refractivity contribution in [1.29, 1.82) is 0 Å². The first-order chi connectivity index (χ1) is 22.6. The lowest BCUT2D eigenvalue weighted by molar-refractivity contribution is 0.661. The van der Waals surface area contributed by atoms with E-state index in [9.17, 15) is 0 Å². The van der Waals surface area contributed by atoms with Crippen LogP contribution in [-0.4, -0.2) is 14.5 Å². The van der Waals surface area contributed by atoms with Crippen LogP contribution in [0.1, 0.15) is 25.0 Å². The average molecular weight is 588 g/mol. The summed E-state index contributed by atoms with van der Waals surface area (Å²) in [5.41, 5.74) is 10.6. The second-order valence-electron chi connectivity index (χ2n) is 13.1. The van der Waals surface area contributed by atoms with E-state index >= 15 is 0 Å². The zero-order valence-electron chi connectivity index (χ0n) is 25.6. The minimum absolute atomic E-state index is 0.0405. The lowest BCUT2D eigenvalue weighted by Gasteiger charge is -2.21. The summed E-state index contributed by atoms with van der Waals surface area (Å²) in [6.07, 6.45) is 0. The third kappa shape index (κ3) is 3.43. The smallest absolute Gasteiger partial charge is 0.235 e. The fourth-order valence-electron chi connectivity index (χ4n) is 7.93. The molecule has 0 bridgehead atoms. The van der Waals surface area contributed by atoms with Crippen molar-refractivity contribution in [2.24, 2.45) is 0 Å². The first-order valence-electron chi connectivity index (χ1n) is 15.9. The molecule has 7 aromatic carbocycles. The van der Waals surface area contributed by atoms with Gasteiger partial charge in [-0.05, 0) is 74.1 Å². The summed E-state index contributed by atoms with van der Waals surface area (Å²) < 4.78 is 2.26. The average Bonchev–Trinajstić information content (AvgIpc) is 3.54. The van der Waals surface area contributed by atoms with Crippen molar-refractivity contribution in [1.82, 2.24) is 14.5 Å². The van der Waals surface area contributed by atoms with Crippen molar-refractivity contribution in [3.8, 4) is 28.3 Å². The third-order valence-corrected chi connectivity index (χ3v) is 10.2. The van der Waals surface area contributed by atoms with E-state index in [1.807, 2.05) is 0 Å². The first-order valence-corrected chi connectivity index (χ1v) is 15.9. The second kappa shape index (κ2) is 9.12. The van der Waals surface area contributed by atoms with Gasteiger partial charge in [0.15, 0.2) is 0 Å². The molecule has 1 aliphatic carbocycles. The zero-order valence-corrected chi connectivity index (χ0v) is 25.6. The van der Waals surface area contributed by atoms with E-state index in [-0.39, 0.29) is 5.41 Å². The number of nitrogens with zero attached hydrogens (tertiary/aromatic N) is 3. The lowest BCUT2D eigenvalue weighted by atomic mass is 9.82. The van der Waals surface area contributed by atoms with E-state index in [4.69, 9.17) is 9.97 Å². The van der Waals surface area contributed by atoms with E-state index in [0.29, 0.717) is 5.95 Å². The van der Waals surface area contributed by atoms with Crippen LogP contribution < -0.4 is 0 Å². The summed E-state index contributed by atoms with van der Waals surface area (Å²) >= 11 is 0. The van der Waals surface area contributed by atoms with Gasteiger partial charge in [0.05, 0.1) is 22.2 Å². The Kier molecular flexibility index (Phi) is 5.06. The van der Waals surface area contributed by atoms with Crippen LogP contribution in [-0.2, 0) is 5.41 Å². The normalized spacial score (nSPS) is 13.6. The summed E-state index contributed by atoms with van der Waals surface area (Å²) in [7, 11) is 0. The fourth-order valence-corrected chi connectivity index (χ4v) is 7.93. The van der Waals surface area contributed by atoms with E-state index in [0.717, 1.165) is 33.2 Å². The standard InChI is InChI=1S/C43H29N3/c1-43(2)35-16-8-5-14-31(35)40-33-25-34-30-13-7-10-18-38(30)46(39(34)24-28(33)21-22-36(40)43)42-44-37-17-9-6-15-32(37)41(45-42)29-20-19-26-11-3-4-12-27(26)23-29/h3-25H,1-2H3. The predicted octanol–water partition coefficient (Wildman–Crippen LogP) is 11.0. The van der Waals surface area contributed by atoms with Gasteiger partial charge in [0, 0.05) is 27.1 Å². The van der Waals surface area contributed by atoms with Crippen LogP contribution in [0.3, 0.4) is 0 Å². The Bertz CT molecular complexity index is 2730. The van der Waals surface area contributed by atoms with Crippen LogP contribution in [0.15, 0.2) is 140 Å². The van der Waals surface area contributed by atoms with Gasteiger partial charge < -0.3 is 0 Å². The molecule has 46 heavy (non-hydrogen) atoms. The first kappa shape index (κ1) is 25.5. The Hall–Kier alpha value is -5.80. The molecule has 2 aromatic heterocycles. The highest BCUT2D eigenvalue weighted by Crippen LogP contribution is 2.52. The second-order valence-corrected chi connectivity index (χ2v) is 13.1. The Balaban J connectivity index is 1.28. The van der Waals surface area contributed by atoms with Crippen molar-refractivity contribution >= 4 is 54.3 Å². The maximum Gasteiger partial charge on any atom is 0.235 e. The Morgan fingerprint density at radius 3 is 2.15 bits per heavy atom.